The Labute approximate surface area is 114 Å². The van der Waals surface area contributed by atoms with Crippen molar-refractivity contribution in [1.29, 1.82) is 0 Å². The lowest BCUT2D eigenvalue weighted by Crippen LogP contribution is -2.03. The Balaban J connectivity index is 2.19. The van der Waals surface area contributed by atoms with Crippen LogP contribution >= 0.6 is 34.5 Å². The van der Waals surface area contributed by atoms with E-state index in [0.29, 0.717) is 22.0 Å². The van der Waals surface area contributed by atoms with E-state index in [4.69, 9.17) is 23.2 Å². The molecule has 1 unspecified atom stereocenters. The van der Waals surface area contributed by atoms with Gasteiger partial charge in [-0.3, -0.25) is 0 Å². The number of rotatable bonds is 3. The first-order valence-electron chi connectivity index (χ1n) is 5.10. The number of aryl methyl sites for hydroxylation is 1. The smallest absolute Gasteiger partial charge is 0.0897 e. The van der Waals surface area contributed by atoms with E-state index < -0.39 is 6.10 Å². The second kappa shape index (κ2) is 5.36. The van der Waals surface area contributed by atoms with Crippen molar-refractivity contribution in [3.63, 3.8) is 0 Å². The molecule has 0 amide bonds. The molecule has 0 aliphatic heterocycles. The SMILES string of the molecule is Cc1nc(CC(O)c2cc(Cl)ccc2Cl)cs1. The number of aliphatic hydroxyl groups is 1. The number of aliphatic hydroxyl groups excluding tert-OH is 1. The second-order valence-corrected chi connectivity index (χ2v) is 5.65. The molecule has 1 heterocycles. The highest BCUT2D eigenvalue weighted by Crippen LogP contribution is 2.28. The first-order valence-corrected chi connectivity index (χ1v) is 6.74. The second-order valence-electron chi connectivity index (χ2n) is 3.74. The maximum absolute atomic E-state index is 10.1. The van der Waals surface area contributed by atoms with Crippen molar-refractivity contribution in [2.24, 2.45) is 0 Å². The van der Waals surface area contributed by atoms with Crippen molar-refractivity contribution in [3.05, 3.63) is 49.9 Å². The predicted octanol–water partition coefficient (Wildman–Crippen LogP) is 4.03. The van der Waals surface area contributed by atoms with Gasteiger partial charge in [0.25, 0.3) is 0 Å². The molecule has 0 spiro atoms. The molecule has 0 aliphatic rings. The van der Waals surface area contributed by atoms with Gasteiger partial charge in [0.05, 0.1) is 16.8 Å². The largest absolute Gasteiger partial charge is 0.388 e. The van der Waals surface area contributed by atoms with Crippen LogP contribution in [-0.2, 0) is 6.42 Å². The molecular weight excluding hydrogens is 277 g/mol. The van der Waals surface area contributed by atoms with Gasteiger partial charge in [-0.1, -0.05) is 23.2 Å². The molecule has 0 fully saturated rings. The lowest BCUT2D eigenvalue weighted by Gasteiger charge is -2.11. The van der Waals surface area contributed by atoms with Crippen LogP contribution in [-0.4, -0.2) is 10.1 Å². The number of thiazole rings is 1. The first-order chi connectivity index (χ1) is 8.06. The highest BCUT2D eigenvalue weighted by atomic mass is 35.5. The summed E-state index contributed by atoms with van der Waals surface area (Å²) in [5.41, 5.74) is 1.51. The lowest BCUT2D eigenvalue weighted by atomic mass is 10.1. The maximum Gasteiger partial charge on any atom is 0.0897 e. The van der Waals surface area contributed by atoms with Crippen molar-refractivity contribution in [2.75, 3.05) is 0 Å². The van der Waals surface area contributed by atoms with Crippen molar-refractivity contribution in [3.8, 4) is 0 Å². The molecule has 0 bridgehead atoms. The Kier molecular flexibility index (Phi) is 4.05. The van der Waals surface area contributed by atoms with E-state index in [2.05, 4.69) is 4.98 Å². The molecule has 2 nitrogen and oxygen atoms in total. The molecule has 0 saturated heterocycles. The van der Waals surface area contributed by atoms with Gasteiger partial charge < -0.3 is 5.11 Å². The average Bonchev–Trinajstić information content (AvgIpc) is 2.67. The van der Waals surface area contributed by atoms with Crippen LogP contribution in [0.15, 0.2) is 23.6 Å². The third kappa shape index (κ3) is 3.19. The maximum atomic E-state index is 10.1. The van der Waals surface area contributed by atoms with Gasteiger partial charge in [0, 0.05) is 27.4 Å². The molecular formula is C12H11Cl2NOS. The minimum atomic E-state index is -0.678. The molecule has 1 atom stereocenters. The minimum Gasteiger partial charge on any atom is -0.388 e. The molecule has 5 heteroatoms. The third-order valence-electron chi connectivity index (χ3n) is 2.39. The lowest BCUT2D eigenvalue weighted by molar-refractivity contribution is 0.177. The molecule has 2 aromatic rings. The number of benzene rings is 1. The average molecular weight is 288 g/mol. The number of aromatic nitrogens is 1. The van der Waals surface area contributed by atoms with E-state index in [1.54, 1.807) is 29.5 Å². The van der Waals surface area contributed by atoms with Gasteiger partial charge in [-0.05, 0) is 25.1 Å². The molecule has 1 aromatic carbocycles. The van der Waals surface area contributed by atoms with E-state index >= 15 is 0 Å². The van der Waals surface area contributed by atoms with Crippen molar-refractivity contribution >= 4 is 34.5 Å². The van der Waals surface area contributed by atoms with Crippen molar-refractivity contribution in [1.82, 2.24) is 4.98 Å². The Morgan fingerprint density at radius 3 is 2.82 bits per heavy atom. The van der Waals surface area contributed by atoms with Crippen molar-refractivity contribution in [2.45, 2.75) is 19.4 Å². The van der Waals surface area contributed by atoms with Crippen LogP contribution in [0.25, 0.3) is 0 Å². The van der Waals surface area contributed by atoms with Gasteiger partial charge in [-0.25, -0.2) is 4.98 Å². The molecule has 90 valence electrons. The summed E-state index contributed by atoms with van der Waals surface area (Å²) in [4.78, 5) is 4.31. The Morgan fingerprint density at radius 2 is 2.18 bits per heavy atom. The van der Waals surface area contributed by atoms with Crippen LogP contribution in [0, 0.1) is 6.92 Å². The zero-order chi connectivity index (χ0) is 12.4. The van der Waals surface area contributed by atoms with E-state index in [1.165, 1.54) is 0 Å². The van der Waals surface area contributed by atoms with E-state index in [0.717, 1.165) is 10.7 Å². The van der Waals surface area contributed by atoms with E-state index in [1.807, 2.05) is 12.3 Å². The zero-order valence-electron chi connectivity index (χ0n) is 9.15. The van der Waals surface area contributed by atoms with Crippen LogP contribution in [0.3, 0.4) is 0 Å². The molecule has 1 aromatic heterocycles. The van der Waals surface area contributed by atoms with Crippen LogP contribution in [0.2, 0.25) is 10.0 Å². The Bertz CT molecular complexity index is 527. The van der Waals surface area contributed by atoms with Gasteiger partial charge in [-0.2, -0.15) is 0 Å². The fraction of sp³-hybridized carbons (Fsp3) is 0.250. The van der Waals surface area contributed by atoms with Crippen LogP contribution < -0.4 is 0 Å². The van der Waals surface area contributed by atoms with Crippen LogP contribution in [0.5, 0.6) is 0 Å². The summed E-state index contributed by atoms with van der Waals surface area (Å²) in [5.74, 6) is 0. The summed E-state index contributed by atoms with van der Waals surface area (Å²) in [5, 5.41) is 14.1. The van der Waals surface area contributed by atoms with Gasteiger partial charge in [0.2, 0.25) is 0 Å². The summed E-state index contributed by atoms with van der Waals surface area (Å²) in [6.45, 7) is 1.94. The fourth-order valence-corrected chi connectivity index (χ4v) is 2.63. The molecule has 0 saturated carbocycles. The molecule has 17 heavy (non-hydrogen) atoms. The topological polar surface area (TPSA) is 33.1 Å². The third-order valence-corrected chi connectivity index (χ3v) is 3.79. The molecule has 0 radical (unpaired) electrons. The fourth-order valence-electron chi connectivity index (χ4n) is 1.58. The number of hydrogen-bond donors (Lipinski definition) is 1. The first kappa shape index (κ1) is 12.8. The quantitative estimate of drug-likeness (QED) is 0.924. The van der Waals surface area contributed by atoms with Gasteiger partial charge in [0.15, 0.2) is 0 Å². The summed E-state index contributed by atoms with van der Waals surface area (Å²) >= 11 is 13.5. The number of nitrogens with zero attached hydrogens (tertiary/aromatic N) is 1. The normalized spacial score (nSPS) is 12.7. The van der Waals surface area contributed by atoms with Crippen LogP contribution in [0.1, 0.15) is 22.4 Å². The number of halogens is 2. The summed E-state index contributed by atoms with van der Waals surface area (Å²) in [6.07, 6.45) is -0.229. The summed E-state index contributed by atoms with van der Waals surface area (Å²) in [6, 6.07) is 5.08. The Hall–Kier alpha value is -0.610. The predicted molar refractivity (Wildman–Crippen MR) is 72.0 cm³/mol. The highest BCUT2D eigenvalue weighted by molar-refractivity contribution is 7.09. The zero-order valence-corrected chi connectivity index (χ0v) is 11.5. The monoisotopic (exact) mass is 287 g/mol. The summed E-state index contributed by atoms with van der Waals surface area (Å²) in [7, 11) is 0. The van der Waals surface area contributed by atoms with Crippen molar-refractivity contribution < 1.29 is 5.11 Å². The highest BCUT2D eigenvalue weighted by Gasteiger charge is 2.14. The Morgan fingerprint density at radius 1 is 1.41 bits per heavy atom. The van der Waals surface area contributed by atoms with Gasteiger partial charge in [0.1, 0.15) is 0 Å². The number of hydrogen-bond acceptors (Lipinski definition) is 3. The van der Waals surface area contributed by atoms with Gasteiger partial charge >= 0.3 is 0 Å². The standard InChI is InChI=1S/C12H11Cl2NOS/c1-7-15-9(6-17-7)5-12(16)10-4-8(13)2-3-11(10)14/h2-4,6,12,16H,5H2,1H3. The van der Waals surface area contributed by atoms with E-state index in [-0.39, 0.29) is 0 Å². The molecule has 0 aliphatic carbocycles. The molecule has 1 N–H and O–H groups in total. The van der Waals surface area contributed by atoms with E-state index in [9.17, 15) is 5.11 Å². The minimum absolute atomic E-state index is 0.449. The molecule has 2 rings (SSSR count). The van der Waals surface area contributed by atoms with Crippen LogP contribution in [0.4, 0.5) is 0 Å². The summed E-state index contributed by atoms with van der Waals surface area (Å²) < 4.78 is 0. The van der Waals surface area contributed by atoms with Gasteiger partial charge in [-0.15, -0.1) is 11.3 Å².